The highest BCUT2D eigenvalue weighted by Crippen LogP contribution is 2.39. The smallest absolute Gasteiger partial charge is 0.120 e. The lowest BCUT2D eigenvalue weighted by molar-refractivity contribution is 0.174. The number of hydrogen-bond donors (Lipinski definition) is 0. The fourth-order valence-corrected chi connectivity index (χ4v) is 3.06. The Morgan fingerprint density at radius 1 is 1.35 bits per heavy atom. The van der Waals surface area contributed by atoms with E-state index in [0.717, 1.165) is 17.7 Å². The van der Waals surface area contributed by atoms with Crippen LogP contribution in [0.25, 0.3) is 0 Å². The molecule has 0 heterocycles. The van der Waals surface area contributed by atoms with Gasteiger partial charge in [0.05, 0.1) is 18.2 Å². The predicted octanol–water partition coefficient (Wildman–Crippen LogP) is 3.89. The topological polar surface area (TPSA) is 33.0 Å². The van der Waals surface area contributed by atoms with Crippen LogP contribution in [0.2, 0.25) is 0 Å². The average Bonchev–Trinajstić information content (AvgIpc) is 2.86. The first kappa shape index (κ1) is 12.4. The molecule has 1 aliphatic carbocycles. The van der Waals surface area contributed by atoms with Crippen molar-refractivity contribution in [2.24, 2.45) is 5.41 Å². The van der Waals surface area contributed by atoms with Crippen molar-refractivity contribution >= 4 is 15.9 Å². The van der Waals surface area contributed by atoms with Crippen LogP contribution in [-0.4, -0.2) is 11.9 Å². The van der Waals surface area contributed by atoms with E-state index < -0.39 is 0 Å². The monoisotopic (exact) mass is 293 g/mol. The number of hydrogen-bond acceptors (Lipinski definition) is 2. The first-order valence-electron chi connectivity index (χ1n) is 5.97. The number of nitriles is 1. The van der Waals surface area contributed by atoms with Crippen molar-refractivity contribution in [3.63, 3.8) is 0 Å². The van der Waals surface area contributed by atoms with Crippen LogP contribution in [-0.2, 0) is 0 Å². The summed E-state index contributed by atoms with van der Waals surface area (Å²) in [6.45, 7) is 0.743. The third-order valence-electron chi connectivity index (χ3n) is 3.46. The van der Waals surface area contributed by atoms with Gasteiger partial charge in [0.15, 0.2) is 0 Å². The van der Waals surface area contributed by atoms with Gasteiger partial charge in [-0.1, -0.05) is 34.8 Å². The number of rotatable bonds is 4. The van der Waals surface area contributed by atoms with Crippen LogP contribution in [0, 0.1) is 16.7 Å². The van der Waals surface area contributed by atoms with Crippen molar-refractivity contribution in [3.05, 3.63) is 29.8 Å². The second-order valence-electron chi connectivity index (χ2n) is 4.77. The Bertz CT molecular complexity index is 418. The molecule has 0 saturated heterocycles. The summed E-state index contributed by atoms with van der Waals surface area (Å²) in [7, 11) is 0. The van der Waals surface area contributed by atoms with Crippen molar-refractivity contribution in [3.8, 4) is 11.8 Å². The van der Waals surface area contributed by atoms with Crippen LogP contribution in [0.4, 0.5) is 0 Å². The quantitative estimate of drug-likeness (QED) is 0.789. The summed E-state index contributed by atoms with van der Waals surface area (Å²) in [5, 5.41) is 9.82. The van der Waals surface area contributed by atoms with Gasteiger partial charge in [-0.2, -0.15) is 5.26 Å². The molecule has 0 radical (unpaired) electrons. The van der Waals surface area contributed by atoms with Gasteiger partial charge >= 0.3 is 0 Å². The molecule has 0 amide bonds. The van der Waals surface area contributed by atoms with E-state index in [2.05, 4.69) is 22.0 Å². The van der Waals surface area contributed by atoms with Crippen molar-refractivity contribution in [1.29, 1.82) is 5.26 Å². The van der Waals surface area contributed by atoms with Gasteiger partial charge in [0.2, 0.25) is 0 Å². The average molecular weight is 294 g/mol. The van der Waals surface area contributed by atoms with E-state index in [0.29, 0.717) is 11.0 Å². The molecule has 0 bridgehead atoms. The Balaban J connectivity index is 1.99. The van der Waals surface area contributed by atoms with E-state index in [4.69, 9.17) is 10.00 Å². The van der Waals surface area contributed by atoms with Crippen LogP contribution in [0.1, 0.15) is 31.2 Å². The zero-order valence-electron chi connectivity index (χ0n) is 9.79. The molecular weight excluding hydrogens is 278 g/mol. The predicted molar refractivity (Wildman–Crippen MR) is 71.3 cm³/mol. The van der Waals surface area contributed by atoms with Gasteiger partial charge in [0.25, 0.3) is 0 Å². The minimum atomic E-state index is 0.294. The van der Waals surface area contributed by atoms with Crippen molar-refractivity contribution in [1.82, 2.24) is 0 Å². The van der Waals surface area contributed by atoms with Gasteiger partial charge < -0.3 is 4.74 Å². The fraction of sp³-hybridized carbons (Fsp3) is 0.500. The van der Waals surface area contributed by atoms with Crippen molar-refractivity contribution < 1.29 is 4.74 Å². The van der Waals surface area contributed by atoms with Gasteiger partial charge in [-0.25, -0.2) is 0 Å². The van der Waals surface area contributed by atoms with Crippen molar-refractivity contribution in [2.45, 2.75) is 25.7 Å². The highest BCUT2D eigenvalue weighted by molar-refractivity contribution is 9.09. The Hall–Kier alpha value is -1.01. The first-order valence-corrected chi connectivity index (χ1v) is 7.09. The number of benzene rings is 1. The second-order valence-corrected chi connectivity index (χ2v) is 5.33. The van der Waals surface area contributed by atoms with Crippen LogP contribution in [0.15, 0.2) is 24.3 Å². The summed E-state index contributed by atoms with van der Waals surface area (Å²) < 4.78 is 5.85. The lowest BCUT2D eigenvalue weighted by atomic mass is 9.90. The highest BCUT2D eigenvalue weighted by Gasteiger charge is 2.33. The highest BCUT2D eigenvalue weighted by atomic mass is 79.9. The summed E-state index contributed by atoms with van der Waals surface area (Å²) >= 11 is 3.60. The van der Waals surface area contributed by atoms with Gasteiger partial charge in [0.1, 0.15) is 5.75 Å². The first-order chi connectivity index (χ1) is 8.28. The standard InChI is InChI=1S/C14H16BrNO/c15-10-14(6-1-2-7-14)11-17-13-5-3-4-12(8-13)9-16/h3-5,8H,1-2,6-7,10-11H2. The van der Waals surface area contributed by atoms with Crippen LogP contribution in [0.5, 0.6) is 5.75 Å². The largest absolute Gasteiger partial charge is 0.493 e. The lowest BCUT2D eigenvalue weighted by Crippen LogP contribution is -2.26. The van der Waals surface area contributed by atoms with Gasteiger partial charge in [-0.05, 0) is 31.0 Å². The molecule has 1 aromatic rings. The third kappa shape index (κ3) is 3.01. The summed E-state index contributed by atoms with van der Waals surface area (Å²) in [4.78, 5) is 0. The number of halogens is 1. The molecule has 0 spiro atoms. The van der Waals surface area contributed by atoms with Crippen LogP contribution < -0.4 is 4.74 Å². The summed E-state index contributed by atoms with van der Waals surface area (Å²) in [5.74, 6) is 0.802. The fourth-order valence-electron chi connectivity index (χ4n) is 2.33. The van der Waals surface area contributed by atoms with E-state index in [9.17, 15) is 0 Å². The molecule has 17 heavy (non-hydrogen) atoms. The Kier molecular flexibility index (Phi) is 4.06. The molecule has 3 heteroatoms. The van der Waals surface area contributed by atoms with E-state index >= 15 is 0 Å². The summed E-state index contributed by atoms with van der Waals surface area (Å²) in [6.07, 6.45) is 5.06. The summed E-state index contributed by atoms with van der Waals surface area (Å²) in [6, 6.07) is 9.51. The molecule has 90 valence electrons. The maximum Gasteiger partial charge on any atom is 0.120 e. The Labute approximate surface area is 111 Å². The molecule has 0 atom stereocenters. The number of alkyl halides is 1. The molecule has 0 aliphatic heterocycles. The maximum absolute atomic E-state index is 8.83. The molecule has 1 aromatic carbocycles. The van der Waals surface area contributed by atoms with Gasteiger partial charge in [0, 0.05) is 10.7 Å². The van der Waals surface area contributed by atoms with E-state index in [1.807, 2.05) is 12.1 Å². The molecule has 1 saturated carbocycles. The molecule has 0 aromatic heterocycles. The van der Waals surface area contributed by atoms with E-state index in [-0.39, 0.29) is 0 Å². The van der Waals surface area contributed by atoms with Crippen LogP contribution >= 0.6 is 15.9 Å². The van der Waals surface area contributed by atoms with Gasteiger partial charge in [-0.3, -0.25) is 0 Å². The maximum atomic E-state index is 8.83. The molecule has 0 unspecified atom stereocenters. The normalized spacial score (nSPS) is 17.6. The minimum Gasteiger partial charge on any atom is -0.493 e. The molecular formula is C14H16BrNO. The minimum absolute atomic E-state index is 0.294. The molecule has 1 fully saturated rings. The molecule has 1 aliphatic rings. The molecule has 2 rings (SSSR count). The van der Waals surface area contributed by atoms with Crippen LogP contribution in [0.3, 0.4) is 0 Å². The third-order valence-corrected chi connectivity index (χ3v) is 4.65. The number of ether oxygens (including phenoxy) is 1. The Morgan fingerprint density at radius 3 is 2.76 bits per heavy atom. The molecule has 2 nitrogen and oxygen atoms in total. The van der Waals surface area contributed by atoms with Gasteiger partial charge in [-0.15, -0.1) is 0 Å². The van der Waals surface area contributed by atoms with E-state index in [1.54, 1.807) is 12.1 Å². The van der Waals surface area contributed by atoms with Crippen molar-refractivity contribution in [2.75, 3.05) is 11.9 Å². The zero-order chi connectivity index (χ0) is 12.1. The lowest BCUT2D eigenvalue weighted by Gasteiger charge is -2.26. The SMILES string of the molecule is N#Cc1cccc(OCC2(CBr)CCCC2)c1. The zero-order valence-corrected chi connectivity index (χ0v) is 11.4. The summed E-state index contributed by atoms with van der Waals surface area (Å²) in [5.41, 5.74) is 0.949. The Morgan fingerprint density at radius 2 is 2.12 bits per heavy atom. The van der Waals surface area contributed by atoms with E-state index in [1.165, 1.54) is 25.7 Å². The second kappa shape index (κ2) is 5.55. The molecule has 0 N–H and O–H groups in total. The number of nitrogens with zero attached hydrogens (tertiary/aromatic N) is 1.